The lowest BCUT2D eigenvalue weighted by molar-refractivity contribution is -0.0446. The summed E-state index contributed by atoms with van der Waals surface area (Å²) < 4.78 is 26.6. The summed E-state index contributed by atoms with van der Waals surface area (Å²) >= 11 is 0. The van der Waals surface area contributed by atoms with E-state index in [-0.39, 0.29) is 5.41 Å². The molecule has 1 spiro atoms. The first-order valence-corrected chi connectivity index (χ1v) is 11.0. The predicted molar refractivity (Wildman–Crippen MR) is 96.2 cm³/mol. The normalized spacial score (nSPS) is 35.4. The van der Waals surface area contributed by atoms with Crippen LogP contribution in [0.5, 0.6) is 0 Å². The average Bonchev–Trinajstić information content (AvgIpc) is 2.61. The highest BCUT2D eigenvalue weighted by molar-refractivity contribution is 7.91. The minimum Gasteiger partial charge on any atom is -0.218 e. The van der Waals surface area contributed by atoms with Crippen molar-refractivity contribution in [2.24, 2.45) is 23.7 Å². The van der Waals surface area contributed by atoms with Crippen molar-refractivity contribution in [3.8, 4) is 0 Å². The van der Waals surface area contributed by atoms with Gasteiger partial charge in [-0.25, -0.2) is 8.42 Å². The number of sulfone groups is 1. The fourth-order valence-corrected chi connectivity index (χ4v) is 8.96. The van der Waals surface area contributed by atoms with E-state index in [1.165, 1.54) is 32.1 Å². The first kappa shape index (κ1) is 14.5. The molecule has 2 nitrogen and oxygen atoms in total. The highest BCUT2D eigenvalue weighted by Crippen LogP contribution is 2.67. The van der Waals surface area contributed by atoms with Crippen molar-refractivity contribution >= 4 is 9.84 Å². The Morgan fingerprint density at radius 2 is 1.12 bits per heavy atom. The van der Waals surface area contributed by atoms with E-state index in [1.54, 1.807) is 0 Å². The summed E-state index contributed by atoms with van der Waals surface area (Å²) in [7, 11) is -3.41. The van der Waals surface area contributed by atoms with Crippen LogP contribution in [0, 0.1) is 23.7 Å². The number of hydrogen-bond donors (Lipinski definition) is 0. The van der Waals surface area contributed by atoms with Crippen LogP contribution in [0.25, 0.3) is 0 Å². The minimum absolute atomic E-state index is 0.0775. The molecule has 0 radical (unpaired) electrons. The van der Waals surface area contributed by atoms with Crippen LogP contribution >= 0.6 is 0 Å². The molecule has 4 saturated carbocycles. The number of hydrogen-bond acceptors (Lipinski definition) is 2. The second kappa shape index (κ2) is 4.56. The molecule has 7 rings (SSSR count). The molecule has 2 aromatic carbocycles. The van der Waals surface area contributed by atoms with E-state index in [2.05, 4.69) is 12.1 Å². The first-order valence-electron chi connectivity index (χ1n) is 9.56. The largest absolute Gasteiger partial charge is 0.218 e. The molecule has 3 heteroatoms. The second-order valence-corrected chi connectivity index (χ2v) is 10.6. The van der Waals surface area contributed by atoms with Crippen molar-refractivity contribution < 1.29 is 8.42 Å². The Hall–Kier alpha value is -1.61. The van der Waals surface area contributed by atoms with Crippen LogP contribution in [0.4, 0.5) is 0 Å². The third-order valence-corrected chi connectivity index (χ3v) is 9.54. The van der Waals surface area contributed by atoms with Crippen LogP contribution in [0.1, 0.15) is 43.2 Å². The Morgan fingerprint density at radius 1 is 0.680 bits per heavy atom. The zero-order valence-electron chi connectivity index (χ0n) is 14.2. The predicted octanol–water partition coefficient (Wildman–Crippen LogP) is 4.58. The number of fused-ring (bicyclic) bond motifs is 2. The highest BCUT2D eigenvalue weighted by Gasteiger charge is 2.62. The smallest absolute Gasteiger partial charge is 0.207 e. The molecule has 0 atom stereocenters. The standard InChI is InChI=1S/C22H22O2S/c23-25(24)20-7-3-1-5-18(20)22(19-6-2-4-8-21(19)25)16-10-14-9-15(12-16)13-17(22)11-14/h1-8,14-17H,9-13H2/t14?,15?,16-,17+. The zero-order chi connectivity index (χ0) is 16.8. The molecule has 1 aliphatic heterocycles. The lowest BCUT2D eigenvalue weighted by Gasteiger charge is -2.63. The number of rotatable bonds is 0. The molecule has 0 aromatic heterocycles. The Morgan fingerprint density at radius 3 is 1.60 bits per heavy atom. The first-order chi connectivity index (χ1) is 12.1. The van der Waals surface area contributed by atoms with Crippen molar-refractivity contribution in [2.45, 2.75) is 47.3 Å². The van der Waals surface area contributed by atoms with E-state index in [9.17, 15) is 8.42 Å². The van der Waals surface area contributed by atoms with Gasteiger partial charge >= 0.3 is 0 Å². The van der Waals surface area contributed by atoms with Crippen molar-refractivity contribution in [1.29, 1.82) is 0 Å². The van der Waals surface area contributed by atoms with Crippen LogP contribution < -0.4 is 0 Å². The third-order valence-electron chi connectivity index (χ3n) is 7.67. The third kappa shape index (κ3) is 1.60. The molecule has 1 heterocycles. The summed E-state index contributed by atoms with van der Waals surface area (Å²) in [5.74, 6) is 2.93. The maximum absolute atomic E-state index is 13.3. The molecular weight excluding hydrogens is 328 g/mol. The van der Waals surface area contributed by atoms with Crippen LogP contribution in [-0.2, 0) is 15.3 Å². The van der Waals surface area contributed by atoms with Gasteiger partial charge in [0.1, 0.15) is 0 Å². The van der Waals surface area contributed by atoms with Gasteiger partial charge in [-0.15, -0.1) is 0 Å². The molecule has 4 bridgehead atoms. The minimum atomic E-state index is -3.41. The van der Waals surface area contributed by atoms with E-state index in [4.69, 9.17) is 0 Å². The molecule has 25 heavy (non-hydrogen) atoms. The highest BCUT2D eigenvalue weighted by atomic mass is 32.2. The fourth-order valence-electron chi connectivity index (χ4n) is 7.16. The van der Waals surface area contributed by atoms with Gasteiger partial charge in [-0.2, -0.15) is 0 Å². The molecular formula is C22H22O2S. The van der Waals surface area contributed by atoms with Gasteiger partial charge in [-0.3, -0.25) is 0 Å². The summed E-state index contributed by atoms with van der Waals surface area (Å²) in [6.07, 6.45) is 6.50. The molecule has 0 amide bonds. The van der Waals surface area contributed by atoms with Crippen molar-refractivity contribution in [3.05, 3.63) is 59.7 Å². The maximum Gasteiger partial charge on any atom is 0.207 e. The molecule has 0 saturated heterocycles. The van der Waals surface area contributed by atoms with Gasteiger partial charge in [0.25, 0.3) is 0 Å². The Kier molecular flexibility index (Phi) is 2.65. The van der Waals surface area contributed by atoms with E-state index in [0.29, 0.717) is 21.6 Å². The Balaban J connectivity index is 1.74. The molecule has 2 aromatic rings. The Labute approximate surface area is 149 Å². The van der Waals surface area contributed by atoms with Gasteiger partial charge in [0, 0.05) is 5.41 Å². The van der Waals surface area contributed by atoms with E-state index < -0.39 is 9.84 Å². The summed E-state index contributed by atoms with van der Waals surface area (Å²) in [5.41, 5.74) is 2.12. The molecule has 5 aliphatic rings. The van der Waals surface area contributed by atoms with Crippen LogP contribution in [0.3, 0.4) is 0 Å². The van der Waals surface area contributed by atoms with Crippen molar-refractivity contribution in [3.63, 3.8) is 0 Å². The van der Waals surface area contributed by atoms with Gasteiger partial charge in [0.2, 0.25) is 9.84 Å². The van der Waals surface area contributed by atoms with E-state index >= 15 is 0 Å². The second-order valence-electron chi connectivity index (χ2n) is 8.67. The fraction of sp³-hybridized carbons (Fsp3) is 0.455. The average molecular weight is 350 g/mol. The van der Waals surface area contributed by atoms with Gasteiger partial charge in [-0.05, 0) is 79.0 Å². The van der Waals surface area contributed by atoms with E-state index in [0.717, 1.165) is 23.0 Å². The van der Waals surface area contributed by atoms with Crippen LogP contribution in [0.15, 0.2) is 58.3 Å². The van der Waals surface area contributed by atoms with Crippen LogP contribution in [-0.4, -0.2) is 8.42 Å². The summed E-state index contributed by atoms with van der Waals surface area (Å²) in [6, 6.07) is 15.8. The van der Waals surface area contributed by atoms with E-state index in [1.807, 2.05) is 36.4 Å². The monoisotopic (exact) mass is 350 g/mol. The lowest BCUT2D eigenvalue weighted by atomic mass is 9.42. The molecule has 128 valence electrons. The van der Waals surface area contributed by atoms with Crippen LogP contribution in [0.2, 0.25) is 0 Å². The summed E-state index contributed by atoms with van der Waals surface area (Å²) in [5, 5.41) is 0. The van der Waals surface area contributed by atoms with Crippen molar-refractivity contribution in [1.82, 2.24) is 0 Å². The van der Waals surface area contributed by atoms with Gasteiger partial charge in [0.05, 0.1) is 9.79 Å². The molecule has 0 N–H and O–H groups in total. The molecule has 4 aliphatic carbocycles. The number of benzene rings is 2. The van der Waals surface area contributed by atoms with Gasteiger partial charge < -0.3 is 0 Å². The quantitative estimate of drug-likeness (QED) is 0.697. The SMILES string of the molecule is O=S1(=O)c2ccccc2C2(c3ccccc31)[C@H]1CC3CC(C[C@H]2C3)C1. The lowest BCUT2D eigenvalue weighted by Crippen LogP contribution is -2.57. The van der Waals surface area contributed by atoms with Crippen molar-refractivity contribution in [2.75, 3.05) is 0 Å². The van der Waals surface area contributed by atoms with Gasteiger partial charge in [-0.1, -0.05) is 36.4 Å². The topological polar surface area (TPSA) is 34.1 Å². The summed E-state index contributed by atoms with van der Waals surface area (Å²) in [6.45, 7) is 0. The maximum atomic E-state index is 13.3. The molecule has 0 unspecified atom stereocenters. The Bertz CT molecular complexity index is 905. The zero-order valence-corrected chi connectivity index (χ0v) is 15.0. The molecule has 4 fully saturated rings. The summed E-state index contributed by atoms with van der Waals surface area (Å²) in [4.78, 5) is 1.14. The van der Waals surface area contributed by atoms with Gasteiger partial charge in [0.15, 0.2) is 0 Å².